The molecule has 2 rings (SSSR count). The summed E-state index contributed by atoms with van der Waals surface area (Å²) >= 11 is 0. The number of para-hydroxylation sites is 1. The minimum atomic E-state index is 0.331. The molecule has 0 aliphatic rings. The van der Waals surface area contributed by atoms with Gasteiger partial charge in [-0.15, -0.1) is 0 Å². The second-order valence-electron chi connectivity index (χ2n) is 4.78. The maximum atomic E-state index is 3.56. The first-order chi connectivity index (χ1) is 8.70. The summed E-state index contributed by atoms with van der Waals surface area (Å²) in [5, 5.41) is 3.56. The summed E-state index contributed by atoms with van der Waals surface area (Å²) in [7, 11) is 0. The van der Waals surface area contributed by atoms with Crippen LogP contribution in [0.15, 0.2) is 48.5 Å². The Morgan fingerprint density at radius 3 is 2.28 bits per heavy atom. The number of hydrogen-bond acceptors (Lipinski definition) is 1. The van der Waals surface area contributed by atoms with Crippen molar-refractivity contribution in [2.24, 2.45) is 0 Å². The lowest BCUT2D eigenvalue weighted by atomic mass is 10.0. The Labute approximate surface area is 110 Å². The van der Waals surface area contributed by atoms with Crippen LogP contribution in [0, 0.1) is 6.92 Å². The minimum Gasteiger partial charge on any atom is -0.378 e. The summed E-state index contributed by atoms with van der Waals surface area (Å²) in [6, 6.07) is 17.6. The van der Waals surface area contributed by atoms with Gasteiger partial charge in [0.05, 0.1) is 0 Å². The third kappa shape index (κ3) is 2.92. The van der Waals surface area contributed by atoms with E-state index in [1.54, 1.807) is 0 Å². The van der Waals surface area contributed by atoms with Crippen LogP contribution in [0.1, 0.15) is 36.6 Å². The van der Waals surface area contributed by atoms with E-state index in [1.807, 2.05) is 0 Å². The lowest BCUT2D eigenvalue weighted by molar-refractivity contribution is 0.880. The maximum absolute atomic E-state index is 3.56. The number of aryl methyl sites for hydroxylation is 2. The van der Waals surface area contributed by atoms with Gasteiger partial charge < -0.3 is 5.32 Å². The van der Waals surface area contributed by atoms with Crippen molar-refractivity contribution < 1.29 is 0 Å². The topological polar surface area (TPSA) is 12.0 Å². The standard InChI is InChI=1S/C17H21N/c1-4-15-9-11-16(12-10-15)14(3)18-17-8-6-5-7-13(17)2/h5-12,14,18H,4H2,1-3H3. The summed E-state index contributed by atoms with van der Waals surface area (Å²) in [5.74, 6) is 0. The molecule has 0 aliphatic carbocycles. The molecule has 0 saturated heterocycles. The van der Waals surface area contributed by atoms with E-state index in [0.717, 1.165) is 6.42 Å². The zero-order chi connectivity index (χ0) is 13.0. The van der Waals surface area contributed by atoms with E-state index < -0.39 is 0 Å². The van der Waals surface area contributed by atoms with Crippen molar-refractivity contribution in [2.75, 3.05) is 5.32 Å². The molecule has 0 heterocycles. The predicted octanol–water partition coefficient (Wildman–Crippen LogP) is 4.73. The van der Waals surface area contributed by atoms with Crippen LogP contribution in [-0.4, -0.2) is 0 Å². The van der Waals surface area contributed by atoms with E-state index in [-0.39, 0.29) is 0 Å². The highest BCUT2D eigenvalue weighted by atomic mass is 14.9. The Morgan fingerprint density at radius 1 is 1.00 bits per heavy atom. The van der Waals surface area contributed by atoms with E-state index in [9.17, 15) is 0 Å². The van der Waals surface area contributed by atoms with Crippen LogP contribution in [0.5, 0.6) is 0 Å². The van der Waals surface area contributed by atoms with Crippen LogP contribution < -0.4 is 5.32 Å². The fraction of sp³-hybridized carbons (Fsp3) is 0.294. The third-order valence-electron chi connectivity index (χ3n) is 3.41. The van der Waals surface area contributed by atoms with Gasteiger partial charge in [0, 0.05) is 11.7 Å². The largest absolute Gasteiger partial charge is 0.378 e. The molecule has 0 radical (unpaired) electrons. The highest BCUT2D eigenvalue weighted by Gasteiger charge is 2.06. The van der Waals surface area contributed by atoms with Gasteiger partial charge in [-0.25, -0.2) is 0 Å². The summed E-state index contributed by atoms with van der Waals surface area (Å²) in [4.78, 5) is 0. The first-order valence-electron chi connectivity index (χ1n) is 6.61. The highest BCUT2D eigenvalue weighted by Crippen LogP contribution is 2.22. The second-order valence-corrected chi connectivity index (χ2v) is 4.78. The van der Waals surface area contributed by atoms with Crippen LogP contribution in [0.25, 0.3) is 0 Å². The van der Waals surface area contributed by atoms with Crippen molar-refractivity contribution in [3.63, 3.8) is 0 Å². The Hall–Kier alpha value is -1.76. The van der Waals surface area contributed by atoms with Crippen molar-refractivity contribution in [3.8, 4) is 0 Å². The van der Waals surface area contributed by atoms with Gasteiger partial charge in [-0.05, 0) is 43.0 Å². The lowest BCUT2D eigenvalue weighted by Gasteiger charge is -2.17. The molecule has 0 spiro atoms. The number of rotatable bonds is 4. The zero-order valence-corrected chi connectivity index (χ0v) is 11.4. The van der Waals surface area contributed by atoms with Crippen LogP contribution in [-0.2, 0) is 6.42 Å². The zero-order valence-electron chi connectivity index (χ0n) is 11.4. The first kappa shape index (κ1) is 12.7. The molecular weight excluding hydrogens is 218 g/mol. The quantitative estimate of drug-likeness (QED) is 0.813. The van der Waals surface area contributed by atoms with Crippen LogP contribution in [0.4, 0.5) is 5.69 Å². The normalized spacial score (nSPS) is 12.2. The average molecular weight is 239 g/mol. The SMILES string of the molecule is CCc1ccc(C(C)Nc2ccccc2C)cc1. The van der Waals surface area contributed by atoms with Gasteiger partial charge in [0.2, 0.25) is 0 Å². The summed E-state index contributed by atoms with van der Waals surface area (Å²) in [6.07, 6.45) is 1.10. The van der Waals surface area contributed by atoms with Gasteiger partial charge in [0.15, 0.2) is 0 Å². The summed E-state index contributed by atoms with van der Waals surface area (Å²) in [5.41, 5.74) is 5.22. The highest BCUT2D eigenvalue weighted by molar-refractivity contribution is 5.51. The van der Waals surface area contributed by atoms with Gasteiger partial charge in [-0.1, -0.05) is 49.4 Å². The summed E-state index contributed by atoms with van der Waals surface area (Å²) in [6.45, 7) is 6.52. The van der Waals surface area contributed by atoms with E-state index in [0.29, 0.717) is 6.04 Å². The van der Waals surface area contributed by atoms with Gasteiger partial charge >= 0.3 is 0 Å². The smallest absolute Gasteiger partial charge is 0.0485 e. The first-order valence-corrected chi connectivity index (χ1v) is 6.61. The third-order valence-corrected chi connectivity index (χ3v) is 3.41. The van der Waals surface area contributed by atoms with E-state index in [1.165, 1.54) is 22.4 Å². The Bertz CT molecular complexity index is 499. The maximum Gasteiger partial charge on any atom is 0.0485 e. The van der Waals surface area contributed by atoms with Crippen molar-refractivity contribution in [2.45, 2.75) is 33.2 Å². The average Bonchev–Trinajstić information content (AvgIpc) is 2.41. The fourth-order valence-corrected chi connectivity index (χ4v) is 2.09. The Morgan fingerprint density at radius 2 is 1.67 bits per heavy atom. The van der Waals surface area contributed by atoms with Crippen LogP contribution >= 0.6 is 0 Å². The molecule has 0 amide bonds. The van der Waals surface area contributed by atoms with Gasteiger partial charge in [-0.2, -0.15) is 0 Å². The molecule has 0 fully saturated rings. The number of nitrogens with one attached hydrogen (secondary N) is 1. The minimum absolute atomic E-state index is 0.331. The van der Waals surface area contributed by atoms with Crippen molar-refractivity contribution in [1.29, 1.82) is 0 Å². The molecule has 1 N–H and O–H groups in total. The molecule has 1 atom stereocenters. The second kappa shape index (κ2) is 5.72. The molecule has 0 aromatic heterocycles. The molecule has 0 bridgehead atoms. The molecule has 2 aromatic carbocycles. The predicted molar refractivity (Wildman–Crippen MR) is 79.0 cm³/mol. The van der Waals surface area contributed by atoms with Crippen molar-refractivity contribution >= 4 is 5.69 Å². The van der Waals surface area contributed by atoms with E-state index >= 15 is 0 Å². The monoisotopic (exact) mass is 239 g/mol. The van der Waals surface area contributed by atoms with Crippen molar-refractivity contribution in [1.82, 2.24) is 0 Å². The van der Waals surface area contributed by atoms with E-state index in [4.69, 9.17) is 0 Å². The molecule has 1 unspecified atom stereocenters. The van der Waals surface area contributed by atoms with Crippen LogP contribution in [0.3, 0.4) is 0 Å². The molecule has 0 aliphatic heterocycles. The number of hydrogen-bond donors (Lipinski definition) is 1. The van der Waals surface area contributed by atoms with Crippen LogP contribution in [0.2, 0.25) is 0 Å². The van der Waals surface area contributed by atoms with Gasteiger partial charge in [0.1, 0.15) is 0 Å². The van der Waals surface area contributed by atoms with Gasteiger partial charge in [-0.3, -0.25) is 0 Å². The van der Waals surface area contributed by atoms with E-state index in [2.05, 4.69) is 74.6 Å². The molecule has 1 nitrogen and oxygen atoms in total. The van der Waals surface area contributed by atoms with Crippen molar-refractivity contribution in [3.05, 3.63) is 65.2 Å². The number of benzene rings is 2. The molecule has 94 valence electrons. The molecule has 1 heteroatoms. The Balaban J connectivity index is 2.11. The summed E-state index contributed by atoms with van der Waals surface area (Å²) < 4.78 is 0. The fourth-order valence-electron chi connectivity index (χ4n) is 2.09. The molecular formula is C17H21N. The molecule has 2 aromatic rings. The Kier molecular flexibility index (Phi) is 4.03. The molecule has 0 saturated carbocycles. The molecule has 18 heavy (non-hydrogen) atoms. The van der Waals surface area contributed by atoms with Gasteiger partial charge in [0.25, 0.3) is 0 Å². The number of anilines is 1. The lowest BCUT2D eigenvalue weighted by Crippen LogP contribution is -2.07.